The summed E-state index contributed by atoms with van der Waals surface area (Å²) in [4.78, 5) is 4.29. The number of aliphatic imine (C=N–C) groups is 1. The molecule has 1 aromatic carbocycles. The zero-order valence-electron chi connectivity index (χ0n) is 8.45. The van der Waals surface area contributed by atoms with Crippen LogP contribution in [-0.4, -0.2) is 12.6 Å². The van der Waals surface area contributed by atoms with Gasteiger partial charge in [0.2, 0.25) is 0 Å². The zero-order chi connectivity index (χ0) is 10.2. The van der Waals surface area contributed by atoms with Crippen LogP contribution in [-0.2, 0) is 10.3 Å². The van der Waals surface area contributed by atoms with E-state index in [9.17, 15) is 0 Å². The Labute approximate surface area is 83.6 Å². The summed E-state index contributed by atoms with van der Waals surface area (Å²) in [5.41, 5.74) is 7.58. The summed E-state index contributed by atoms with van der Waals surface area (Å²) in [5, 5.41) is 0. The highest BCUT2D eigenvalue weighted by molar-refractivity contribution is 5.74. The molecule has 1 aliphatic rings. The van der Waals surface area contributed by atoms with E-state index in [1.165, 1.54) is 5.56 Å². The zero-order valence-corrected chi connectivity index (χ0v) is 8.45. The van der Waals surface area contributed by atoms with Crippen molar-refractivity contribution in [3.63, 3.8) is 0 Å². The lowest BCUT2D eigenvalue weighted by Crippen LogP contribution is -2.20. The van der Waals surface area contributed by atoms with Crippen molar-refractivity contribution in [3.8, 4) is 0 Å². The molecule has 0 spiro atoms. The maximum atomic E-state index is 5.51. The van der Waals surface area contributed by atoms with Crippen LogP contribution in [0, 0.1) is 6.92 Å². The molecule has 1 atom stereocenters. The molecule has 3 heteroatoms. The Hall–Kier alpha value is -1.51. The van der Waals surface area contributed by atoms with Gasteiger partial charge in [-0.25, -0.2) is 4.99 Å². The van der Waals surface area contributed by atoms with Crippen molar-refractivity contribution in [2.75, 3.05) is 6.61 Å². The molecule has 0 bridgehead atoms. The highest BCUT2D eigenvalue weighted by Crippen LogP contribution is 2.29. The number of rotatable bonds is 1. The highest BCUT2D eigenvalue weighted by Gasteiger charge is 2.32. The normalized spacial score (nSPS) is 25.7. The first-order chi connectivity index (χ1) is 6.60. The second kappa shape index (κ2) is 3.01. The Balaban J connectivity index is 2.35. The van der Waals surface area contributed by atoms with Gasteiger partial charge in [-0.2, -0.15) is 0 Å². The summed E-state index contributed by atoms with van der Waals surface area (Å²) in [7, 11) is 0. The van der Waals surface area contributed by atoms with Crippen LogP contribution in [0.2, 0.25) is 0 Å². The third kappa shape index (κ3) is 1.45. The fraction of sp³-hybridized carbons (Fsp3) is 0.364. The first-order valence-electron chi connectivity index (χ1n) is 4.65. The van der Waals surface area contributed by atoms with Crippen molar-refractivity contribution in [2.45, 2.75) is 19.4 Å². The number of amidine groups is 1. The molecule has 2 rings (SSSR count). The van der Waals surface area contributed by atoms with Gasteiger partial charge in [-0.3, -0.25) is 0 Å². The molecule has 0 saturated carbocycles. The Morgan fingerprint density at radius 2 is 2.00 bits per heavy atom. The average molecular weight is 190 g/mol. The molecular formula is C11H14N2O. The van der Waals surface area contributed by atoms with Crippen LogP contribution in [0.25, 0.3) is 0 Å². The van der Waals surface area contributed by atoms with Crippen LogP contribution in [0.1, 0.15) is 18.1 Å². The molecular weight excluding hydrogens is 176 g/mol. The predicted molar refractivity (Wildman–Crippen MR) is 56.1 cm³/mol. The number of ether oxygens (including phenoxy) is 1. The van der Waals surface area contributed by atoms with Gasteiger partial charge >= 0.3 is 0 Å². The molecule has 0 saturated heterocycles. The molecule has 74 valence electrons. The van der Waals surface area contributed by atoms with Crippen molar-refractivity contribution < 1.29 is 4.74 Å². The first kappa shape index (κ1) is 9.06. The minimum Gasteiger partial charge on any atom is -0.462 e. The molecule has 1 unspecified atom stereocenters. The van der Waals surface area contributed by atoms with Gasteiger partial charge in [0.25, 0.3) is 6.02 Å². The fourth-order valence-corrected chi connectivity index (χ4v) is 1.58. The lowest BCUT2D eigenvalue weighted by molar-refractivity contribution is 0.266. The van der Waals surface area contributed by atoms with E-state index >= 15 is 0 Å². The number of nitrogens with two attached hydrogens (primary N) is 1. The van der Waals surface area contributed by atoms with Gasteiger partial charge in [-0.15, -0.1) is 0 Å². The average Bonchev–Trinajstić information content (AvgIpc) is 2.48. The first-order valence-corrected chi connectivity index (χ1v) is 4.65. The molecule has 1 aromatic rings. The molecule has 0 radical (unpaired) electrons. The van der Waals surface area contributed by atoms with Crippen molar-refractivity contribution in [1.82, 2.24) is 0 Å². The van der Waals surface area contributed by atoms with Gasteiger partial charge in [-0.1, -0.05) is 29.8 Å². The van der Waals surface area contributed by atoms with Crippen LogP contribution < -0.4 is 5.73 Å². The van der Waals surface area contributed by atoms with E-state index in [-0.39, 0.29) is 11.6 Å². The van der Waals surface area contributed by atoms with E-state index in [4.69, 9.17) is 10.5 Å². The minimum atomic E-state index is -0.308. The molecule has 1 aliphatic heterocycles. The smallest absolute Gasteiger partial charge is 0.283 e. The van der Waals surface area contributed by atoms with Crippen molar-refractivity contribution >= 4 is 6.02 Å². The van der Waals surface area contributed by atoms with Gasteiger partial charge in [0.1, 0.15) is 12.1 Å². The molecule has 2 N–H and O–H groups in total. The molecule has 1 heterocycles. The molecule has 3 nitrogen and oxygen atoms in total. The molecule has 0 aromatic heterocycles. The minimum absolute atomic E-state index is 0.285. The largest absolute Gasteiger partial charge is 0.462 e. The van der Waals surface area contributed by atoms with Gasteiger partial charge < -0.3 is 10.5 Å². The Morgan fingerprint density at radius 1 is 1.36 bits per heavy atom. The van der Waals surface area contributed by atoms with E-state index in [0.29, 0.717) is 6.61 Å². The number of hydrogen-bond acceptors (Lipinski definition) is 3. The third-order valence-corrected chi connectivity index (χ3v) is 2.53. The Morgan fingerprint density at radius 3 is 2.50 bits per heavy atom. The molecule has 14 heavy (non-hydrogen) atoms. The van der Waals surface area contributed by atoms with Gasteiger partial charge in [-0.05, 0) is 19.4 Å². The molecule has 0 fully saturated rings. The van der Waals surface area contributed by atoms with Crippen molar-refractivity contribution in [1.29, 1.82) is 0 Å². The van der Waals surface area contributed by atoms with Gasteiger partial charge in [0.05, 0.1) is 0 Å². The van der Waals surface area contributed by atoms with Crippen LogP contribution in [0.15, 0.2) is 29.3 Å². The van der Waals surface area contributed by atoms with Crippen LogP contribution in [0.4, 0.5) is 0 Å². The van der Waals surface area contributed by atoms with Crippen molar-refractivity contribution in [2.24, 2.45) is 10.7 Å². The van der Waals surface area contributed by atoms with Crippen LogP contribution in [0.5, 0.6) is 0 Å². The monoisotopic (exact) mass is 190 g/mol. The van der Waals surface area contributed by atoms with Crippen LogP contribution >= 0.6 is 0 Å². The Bertz CT molecular complexity index is 369. The number of hydrogen-bond donors (Lipinski definition) is 1. The van der Waals surface area contributed by atoms with E-state index in [2.05, 4.69) is 36.2 Å². The topological polar surface area (TPSA) is 47.6 Å². The summed E-state index contributed by atoms with van der Waals surface area (Å²) in [6.45, 7) is 4.62. The second-order valence-electron chi connectivity index (χ2n) is 3.88. The van der Waals surface area contributed by atoms with E-state index in [1.54, 1.807) is 0 Å². The van der Waals surface area contributed by atoms with Gasteiger partial charge in [0, 0.05) is 0 Å². The number of aryl methyl sites for hydroxylation is 1. The van der Waals surface area contributed by atoms with Crippen LogP contribution in [0.3, 0.4) is 0 Å². The third-order valence-electron chi connectivity index (χ3n) is 2.53. The second-order valence-corrected chi connectivity index (χ2v) is 3.88. The van der Waals surface area contributed by atoms with Gasteiger partial charge in [0.15, 0.2) is 0 Å². The quantitative estimate of drug-likeness (QED) is 0.730. The Kier molecular flexibility index (Phi) is 1.95. The lowest BCUT2D eigenvalue weighted by Gasteiger charge is -2.18. The van der Waals surface area contributed by atoms with E-state index in [1.807, 2.05) is 6.92 Å². The number of benzene rings is 1. The van der Waals surface area contributed by atoms with E-state index in [0.717, 1.165) is 5.56 Å². The summed E-state index contributed by atoms with van der Waals surface area (Å²) in [6.07, 6.45) is 0. The highest BCUT2D eigenvalue weighted by atomic mass is 16.5. The maximum absolute atomic E-state index is 5.51. The van der Waals surface area contributed by atoms with Crippen molar-refractivity contribution in [3.05, 3.63) is 35.4 Å². The summed E-state index contributed by atoms with van der Waals surface area (Å²) < 4.78 is 5.18. The molecule has 0 aliphatic carbocycles. The summed E-state index contributed by atoms with van der Waals surface area (Å²) in [6, 6.07) is 8.57. The number of nitrogens with zero attached hydrogens (tertiary/aromatic N) is 1. The predicted octanol–water partition coefficient (Wildman–Crippen LogP) is 1.56. The molecule has 0 amide bonds. The fourth-order valence-electron chi connectivity index (χ4n) is 1.58. The summed E-state index contributed by atoms with van der Waals surface area (Å²) in [5.74, 6) is 0. The maximum Gasteiger partial charge on any atom is 0.283 e. The summed E-state index contributed by atoms with van der Waals surface area (Å²) >= 11 is 0. The lowest BCUT2D eigenvalue weighted by atomic mass is 9.93. The SMILES string of the molecule is Cc1ccc(C2(C)COC(N)=N2)cc1. The van der Waals surface area contributed by atoms with E-state index < -0.39 is 0 Å². The standard InChI is InChI=1S/C11H14N2O/c1-8-3-5-9(6-4-8)11(2)7-14-10(12)13-11/h3-6H,7H2,1-2H3,(H2,12,13).